The third-order valence-electron chi connectivity index (χ3n) is 12.2. The lowest BCUT2D eigenvalue weighted by atomic mass is 10.1. The number of anilines is 3. The Bertz CT molecular complexity index is 2720. The standard InChI is InChI=1S/C52H52N6O8S2/c1-30(14-15-48(53)59)67-68-52(2,3)25-49(60)56-35-17-31(28-65-46-23-40-38(21-44(46)63-4)50(61)57-36(26-54-40)19-33-10-6-8-12-42(33)57)16-32(18-35)29-66-47-24-41-39(22-45(47)64-5)51(62)58-37(27-55-41)20-34-11-7-9-13-43(34)58/h6-13,16-18,21-24,26-27,30,36-37H,14-15,19-20,25,28-29H2,1-5H3,(H2,53,59)(H,56,60)/t30?,36-,37-/m0/s1. The van der Waals surface area contributed by atoms with Crippen LogP contribution in [0.25, 0.3) is 0 Å². The van der Waals surface area contributed by atoms with E-state index < -0.39 is 4.75 Å². The molecular formula is C52H52N6O8S2. The number of carbonyl (C=O) groups excluding carboxylic acids is 4. The maximum Gasteiger partial charge on any atom is 0.261 e. The molecule has 5 aromatic carbocycles. The summed E-state index contributed by atoms with van der Waals surface area (Å²) in [6, 6.07) is 27.8. The summed E-state index contributed by atoms with van der Waals surface area (Å²) in [5, 5.41) is 3.28. The van der Waals surface area contributed by atoms with E-state index in [1.54, 1.807) is 55.7 Å². The van der Waals surface area contributed by atoms with Gasteiger partial charge >= 0.3 is 0 Å². The van der Waals surface area contributed by atoms with Gasteiger partial charge in [-0.15, -0.1) is 0 Å². The molecule has 4 aliphatic rings. The van der Waals surface area contributed by atoms with E-state index in [1.165, 1.54) is 14.2 Å². The second-order valence-electron chi connectivity index (χ2n) is 17.8. The van der Waals surface area contributed by atoms with Crippen LogP contribution in [0.3, 0.4) is 0 Å². The summed E-state index contributed by atoms with van der Waals surface area (Å²) in [5.74, 6) is 0.666. The molecule has 0 saturated carbocycles. The molecule has 68 heavy (non-hydrogen) atoms. The van der Waals surface area contributed by atoms with Crippen LogP contribution in [0.5, 0.6) is 23.0 Å². The van der Waals surface area contributed by atoms with Gasteiger partial charge in [0.15, 0.2) is 23.0 Å². The lowest BCUT2D eigenvalue weighted by Gasteiger charge is -2.24. The second kappa shape index (κ2) is 19.4. The zero-order valence-electron chi connectivity index (χ0n) is 38.4. The number of aliphatic imine (C=N–C) groups is 2. The first-order valence-electron chi connectivity index (χ1n) is 22.4. The van der Waals surface area contributed by atoms with E-state index in [1.807, 2.05) is 99.9 Å². The lowest BCUT2D eigenvalue weighted by Crippen LogP contribution is -2.37. The minimum absolute atomic E-state index is 0.0621. The topological polar surface area (TPSA) is 174 Å². The van der Waals surface area contributed by atoms with Gasteiger partial charge in [-0.05, 0) is 85.0 Å². The number of benzene rings is 5. The molecule has 4 aliphatic heterocycles. The third kappa shape index (κ3) is 9.79. The van der Waals surface area contributed by atoms with Crippen molar-refractivity contribution in [3.8, 4) is 23.0 Å². The molecule has 5 aromatic rings. The van der Waals surface area contributed by atoms with Crippen molar-refractivity contribution in [3.63, 3.8) is 0 Å². The van der Waals surface area contributed by atoms with Crippen LogP contribution in [0, 0.1) is 0 Å². The number of rotatable bonds is 17. The molecule has 0 bridgehead atoms. The number of hydrogen-bond donors (Lipinski definition) is 2. The van der Waals surface area contributed by atoms with Crippen molar-refractivity contribution in [1.29, 1.82) is 0 Å². The van der Waals surface area contributed by atoms with E-state index >= 15 is 0 Å². The zero-order chi connectivity index (χ0) is 47.7. The predicted octanol–water partition coefficient (Wildman–Crippen LogP) is 9.58. The average Bonchev–Trinajstić information content (AvgIpc) is 3.81. The molecule has 350 valence electrons. The quantitative estimate of drug-likeness (QED) is 0.0855. The highest BCUT2D eigenvalue weighted by molar-refractivity contribution is 8.77. The molecule has 14 nitrogen and oxygen atoms in total. The van der Waals surface area contributed by atoms with Crippen LogP contribution in [-0.2, 0) is 35.6 Å². The van der Waals surface area contributed by atoms with Crippen molar-refractivity contribution >= 4 is 86.1 Å². The normalized spacial score (nSPS) is 16.9. The Balaban J connectivity index is 0.961. The number of nitrogens with two attached hydrogens (primary N) is 1. The van der Waals surface area contributed by atoms with Gasteiger partial charge in [-0.1, -0.05) is 64.9 Å². The van der Waals surface area contributed by atoms with Gasteiger partial charge in [0.1, 0.15) is 13.2 Å². The molecule has 0 aromatic heterocycles. The number of nitrogens with one attached hydrogen (secondary N) is 1. The van der Waals surface area contributed by atoms with Gasteiger partial charge in [0.25, 0.3) is 11.8 Å². The van der Waals surface area contributed by atoms with Crippen molar-refractivity contribution in [2.24, 2.45) is 15.7 Å². The van der Waals surface area contributed by atoms with Gasteiger partial charge in [-0.2, -0.15) is 0 Å². The highest BCUT2D eigenvalue weighted by atomic mass is 33.1. The molecule has 0 aliphatic carbocycles. The van der Waals surface area contributed by atoms with Crippen LogP contribution in [0.1, 0.15) is 83.0 Å². The fraction of sp³-hybridized carbons (Fsp3) is 0.308. The van der Waals surface area contributed by atoms with Gasteiger partial charge in [-0.3, -0.25) is 39.0 Å². The summed E-state index contributed by atoms with van der Waals surface area (Å²) < 4.78 is 24.0. The third-order valence-corrected chi connectivity index (χ3v) is 16.1. The molecule has 3 N–H and O–H groups in total. The Kier molecular flexibility index (Phi) is 13.2. The number of methoxy groups -OCH3 is 2. The summed E-state index contributed by atoms with van der Waals surface area (Å²) in [5.41, 5.74) is 13.0. The summed E-state index contributed by atoms with van der Waals surface area (Å²) in [6.45, 7) is 6.19. The maximum atomic E-state index is 14.0. The maximum absolute atomic E-state index is 14.0. The molecule has 4 heterocycles. The number of nitrogens with zero attached hydrogens (tertiary/aromatic N) is 4. The number of carbonyl (C=O) groups is 4. The number of ether oxygens (including phenoxy) is 4. The number of amides is 4. The molecule has 4 amide bonds. The van der Waals surface area contributed by atoms with E-state index in [9.17, 15) is 19.2 Å². The first kappa shape index (κ1) is 46.3. The molecule has 0 saturated heterocycles. The Morgan fingerprint density at radius 3 is 1.74 bits per heavy atom. The van der Waals surface area contributed by atoms with Crippen molar-refractivity contribution in [1.82, 2.24) is 0 Å². The molecule has 3 atom stereocenters. The van der Waals surface area contributed by atoms with Gasteiger partial charge in [-0.25, -0.2) is 0 Å². The first-order chi connectivity index (χ1) is 32.8. The van der Waals surface area contributed by atoms with Crippen LogP contribution >= 0.6 is 21.6 Å². The fourth-order valence-electron chi connectivity index (χ4n) is 8.93. The summed E-state index contributed by atoms with van der Waals surface area (Å²) in [6.07, 6.45) is 6.15. The lowest BCUT2D eigenvalue weighted by molar-refractivity contribution is -0.118. The molecule has 9 rings (SSSR count). The Labute approximate surface area is 403 Å². The SMILES string of the molecule is COc1cc2c(cc1OCc1cc(COc3cc4c(cc3OC)C(=O)N3c5ccccc5C[C@H]3C=N4)cc(NC(=O)CC(C)(C)SSC(C)CCC(N)=O)c1)N=C[C@@H]1Cc3ccccc3N1C2=O. The number of hydrogen-bond acceptors (Lipinski definition) is 12. The van der Waals surface area contributed by atoms with Gasteiger partial charge in [0.05, 0.1) is 48.8 Å². The van der Waals surface area contributed by atoms with Crippen LogP contribution in [0.2, 0.25) is 0 Å². The number of fused-ring (bicyclic) bond motifs is 8. The Morgan fingerprint density at radius 1 is 0.750 bits per heavy atom. The Hall–Kier alpha value is -6.78. The largest absolute Gasteiger partial charge is 0.493 e. The summed E-state index contributed by atoms with van der Waals surface area (Å²) >= 11 is 0. The summed E-state index contributed by atoms with van der Waals surface area (Å²) in [4.78, 5) is 66.2. The van der Waals surface area contributed by atoms with E-state index in [0.717, 1.165) is 22.5 Å². The molecule has 0 spiro atoms. The van der Waals surface area contributed by atoms with Gasteiger partial charge in [0, 0.05) is 77.3 Å². The van der Waals surface area contributed by atoms with E-state index in [4.69, 9.17) is 34.7 Å². The molecule has 1 unspecified atom stereocenters. The predicted molar refractivity (Wildman–Crippen MR) is 269 cm³/mol. The highest BCUT2D eigenvalue weighted by Gasteiger charge is 2.38. The smallest absolute Gasteiger partial charge is 0.261 e. The molecule has 16 heteroatoms. The van der Waals surface area contributed by atoms with Crippen molar-refractivity contribution in [2.75, 3.05) is 29.3 Å². The number of primary amides is 1. The Morgan fingerprint density at radius 2 is 1.25 bits per heavy atom. The van der Waals surface area contributed by atoms with Crippen molar-refractivity contribution in [3.05, 3.63) is 124 Å². The van der Waals surface area contributed by atoms with Gasteiger partial charge in [0.2, 0.25) is 11.8 Å². The fourth-order valence-corrected chi connectivity index (χ4v) is 11.5. The molecule has 0 radical (unpaired) electrons. The minimum Gasteiger partial charge on any atom is -0.493 e. The van der Waals surface area contributed by atoms with Crippen LogP contribution in [0.15, 0.2) is 101 Å². The van der Waals surface area contributed by atoms with Crippen molar-refractivity contribution < 1.29 is 38.1 Å². The van der Waals surface area contributed by atoms with Crippen LogP contribution in [-0.4, -0.2) is 72.4 Å². The van der Waals surface area contributed by atoms with Gasteiger partial charge < -0.3 is 30.0 Å². The molecule has 0 fully saturated rings. The molecular weight excluding hydrogens is 901 g/mol. The monoisotopic (exact) mass is 952 g/mol. The average molecular weight is 953 g/mol. The van der Waals surface area contributed by atoms with Crippen LogP contribution < -0.4 is 39.8 Å². The van der Waals surface area contributed by atoms with Crippen LogP contribution in [0.4, 0.5) is 28.4 Å². The first-order valence-corrected chi connectivity index (χ1v) is 24.6. The number of para-hydroxylation sites is 2. The zero-order valence-corrected chi connectivity index (χ0v) is 40.1. The highest BCUT2D eigenvalue weighted by Crippen LogP contribution is 2.44. The summed E-state index contributed by atoms with van der Waals surface area (Å²) in [7, 11) is 6.29. The van der Waals surface area contributed by atoms with E-state index in [0.29, 0.717) is 88.0 Å². The van der Waals surface area contributed by atoms with E-state index in [2.05, 4.69) is 5.32 Å². The second-order valence-corrected chi connectivity index (χ2v) is 21.2. The minimum atomic E-state index is -0.433. The van der Waals surface area contributed by atoms with Crippen molar-refractivity contribution in [2.45, 2.75) is 88.2 Å². The van der Waals surface area contributed by atoms with E-state index in [-0.39, 0.29) is 60.6 Å².